The Morgan fingerprint density at radius 1 is 1.28 bits per heavy atom. The van der Waals surface area contributed by atoms with Crippen LogP contribution in [0.25, 0.3) is 0 Å². The Balaban J connectivity index is 1.96. The molecule has 1 aliphatic rings. The molecule has 1 aliphatic carbocycles. The van der Waals surface area contributed by atoms with E-state index in [-0.39, 0.29) is 5.75 Å². The minimum absolute atomic E-state index is 0.191. The van der Waals surface area contributed by atoms with Crippen LogP contribution in [0.3, 0.4) is 0 Å². The van der Waals surface area contributed by atoms with Crippen LogP contribution in [0.1, 0.15) is 33.1 Å². The van der Waals surface area contributed by atoms with Gasteiger partial charge in [0.05, 0.1) is 12.4 Å². The van der Waals surface area contributed by atoms with E-state index in [9.17, 15) is 8.42 Å². The summed E-state index contributed by atoms with van der Waals surface area (Å²) in [5.74, 6) is 0.673. The Hall–Kier alpha value is -0.170. The molecule has 0 aliphatic heterocycles. The average Bonchev–Trinajstić information content (AvgIpc) is 3.07. The van der Waals surface area contributed by atoms with Crippen molar-refractivity contribution in [3.63, 3.8) is 0 Å². The Bertz CT molecular complexity index is 313. The van der Waals surface area contributed by atoms with Crippen LogP contribution in [-0.4, -0.2) is 46.5 Å². The molecule has 0 aromatic heterocycles. The summed E-state index contributed by atoms with van der Waals surface area (Å²) in [6, 6.07) is 0.644. The fourth-order valence-electron chi connectivity index (χ4n) is 1.52. The van der Waals surface area contributed by atoms with Crippen LogP contribution in [0, 0.1) is 5.92 Å². The Labute approximate surface area is 111 Å². The minimum atomic E-state index is -3.13. The highest BCUT2D eigenvalue weighted by Gasteiger charge is 2.20. The molecule has 0 unspecified atom stereocenters. The molecular weight excluding hydrogens is 252 g/mol. The number of hydrogen-bond donors (Lipinski definition) is 2. The maximum Gasteiger partial charge on any atom is 0.211 e. The first-order valence-corrected chi connectivity index (χ1v) is 8.43. The van der Waals surface area contributed by atoms with E-state index in [2.05, 4.69) is 23.9 Å². The first kappa shape index (κ1) is 15.9. The highest BCUT2D eigenvalue weighted by molar-refractivity contribution is 7.89. The van der Waals surface area contributed by atoms with Gasteiger partial charge in [0.1, 0.15) is 0 Å². The molecule has 0 saturated heterocycles. The van der Waals surface area contributed by atoms with E-state index in [1.54, 1.807) is 0 Å². The third-order valence-corrected chi connectivity index (χ3v) is 4.09. The average molecular weight is 278 g/mol. The molecule has 0 radical (unpaired) electrons. The molecule has 1 saturated carbocycles. The van der Waals surface area contributed by atoms with E-state index in [0.717, 1.165) is 6.54 Å². The van der Waals surface area contributed by atoms with Gasteiger partial charge in [0.15, 0.2) is 0 Å². The lowest BCUT2D eigenvalue weighted by molar-refractivity contribution is 0.114. The third kappa shape index (κ3) is 8.85. The van der Waals surface area contributed by atoms with Crippen molar-refractivity contribution in [1.29, 1.82) is 0 Å². The van der Waals surface area contributed by atoms with Crippen molar-refractivity contribution in [3.05, 3.63) is 0 Å². The summed E-state index contributed by atoms with van der Waals surface area (Å²) in [5, 5.41) is 3.30. The minimum Gasteiger partial charge on any atom is -0.380 e. The van der Waals surface area contributed by atoms with E-state index >= 15 is 0 Å². The van der Waals surface area contributed by atoms with E-state index in [0.29, 0.717) is 38.1 Å². The molecule has 0 aromatic carbocycles. The van der Waals surface area contributed by atoms with Crippen molar-refractivity contribution in [2.24, 2.45) is 5.92 Å². The lowest BCUT2D eigenvalue weighted by Crippen LogP contribution is -2.31. The smallest absolute Gasteiger partial charge is 0.211 e. The molecule has 0 amide bonds. The van der Waals surface area contributed by atoms with Gasteiger partial charge in [-0.2, -0.15) is 0 Å². The lowest BCUT2D eigenvalue weighted by Gasteiger charge is -2.09. The van der Waals surface area contributed by atoms with Gasteiger partial charge in [0, 0.05) is 19.2 Å². The van der Waals surface area contributed by atoms with Crippen LogP contribution in [-0.2, 0) is 14.8 Å². The number of sulfonamides is 1. The fraction of sp³-hybridized carbons (Fsp3) is 1.00. The van der Waals surface area contributed by atoms with Gasteiger partial charge in [0.2, 0.25) is 10.0 Å². The quantitative estimate of drug-likeness (QED) is 0.547. The van der Waals surface area contributed by atoms with Gasteiger partial charge in [-0.25, -0.2) is 13.1 Å². The highest BCUT2D eigenvalue weighted by Crippen LogP contribution is 2.18. The SMILES string of the molecule is CC(C)COCCNS(=O)(=O)CCCNC1CC1. The van der Waals surface area contributed by atoms with Gasteiger partial charge < -0.3 is 10.1 Å². The van der Waals surface area contributed by atoms with Crippen LogP contribution in [0.2, 0.25) is 0 Å². The first-order valence-electron chi connectivity index (χ1n) is 6.78. The molecule has 0 bridgehead atoms. The molecule has 5 nitrogen and oxygen atoms in total. The predicted octanol–water partition coefficient (Wildman–Crippen LogP) is 0.721. The maximum absolute atomic E-state index is 11.6. The van der Waals surface area contributed by atoms with Gasteiger partial charge in [-0.05, 0) is 31.7 Å². The zero-order chi connectivity index (χ0) is 13.4. The van der Waals surface area contributed by atoms with Crippen LogP contribution in [0.5, 0.6) is 0 Å². The normalized spacial score (nSPS) is 16.4. The summed E-state index contributed by atoms with van der Waals surface area (Å²) in [5.41, 5.74) is 0. The summed E-state index contributed by atoms with van der Waals surface area (Å²) in [7, 11) is -3.13. The summed E-state index contributed by atoms with van der Waals surface area (Å²) in [6.45, 7) is 6.40. The number of nitrogens with one attached hydrogen (secondary N) is 2. The first-order chi connectivity index (χ1) is 8.49. The van der Waals surface area contributed by atoms with Crippen LogP contribution >= 0.6 is 0 Å². The maximum atomic E-state index is 11.6. The van der Waals surface area contributed by atoms with Crippen LogP contribution < -0.4 is 10.0 Å². The number of hydrogen-bond acceptors (Lipinski definition) is 4. The molecule has 0 spiro atoms. The van der Waals surface area contributed by atoms with Crippen molar-refractivity contribution in [2.45, 2.75) is 39.2 Å². The Morgan fingerprint density at radius 3 is 2.61 bits per heavy atom. The lowest BCUT2D eigenvalue weighted by atomic mass is 10.2. The summed E-state index contributed by atoms with van der Waals surface area (Å²) < 4.78 is 31.1. The van der Waals surface area contributed by atoms with Gasteiger partial charge in [0.25, 0.3) is 0 Å². The topological polar surface area (TPSA) is 67.4 Å². The van der Waals surface area contributed by atoms with Gasteiger partial charge in [-0.15, -0.1) is 0 Å². The van der Waals surface area contributed by atoms with Gasteiger partial charge in [-0.3, -0.25) is 0 Å². The molecule has 108 valence electrons. The predicted molar refractivity (Wildman–Crippen MR) is 73.1 cm³/mol. The van der Waals surface area contributed by atoms with E-state index < -0.39 is 10.0 Å². The summed E-state index contributed by atoms with van der Waals surface area (Å²) in [4.78, 5) is 0. The molecule has 6 heteroatoms. The van der Waals surface area contributed by atoms with Crippen molar-refractivity contribution >= 4 is 10.0 Å². The second-order valence-corrected chi connectivity index (χ2v) is 7.19. The van der Waals surface area contributed by atoms with E-state index in [1.165, 1.54) is 12.8 Å². The molecule has 2 N–H and O–H groups in total. The molecule has 18 heavy (non-hydrogen) atoms. The molecule has 0 aromatic rings. The largest absolute Gasteiger partial charge is 0.380 e. The van der Waals surface area contributed by atoms with Crippen molar-refractivity contribution in [1.82, 2.24) is 10.0 Å². The summed E-state index contributed by atoms with van der Waals surface area (Å²) in [6.07, 6.45) is 3.13. The Morgan fingerprint density at radius 2 is 2.00 bits per heavy atom. The third-order valence-electron chi connectivity index (χ3n) is 2.62. The van der Waals surface area contributed by atoms with Crippen molar-refractivity contribution < 1.29 is 13.2 Å². The van der Waals surface area contributed by atoms with Crippen LogP contribution in [0.15, 0.2) is 0 Å². The second kappa shape index (κ2) is 8.09. The molecular formula is C12H26N2O3S. The van der Waals surface area contributed by atoms with Gasteiger partial charge >= 0.3 is 0 Å². The standard InChI is InChI=1S/C12H26N2O3S/c1-11(2)10-17-8-7-14-18(15,16)9-3-6-13-12-4-5-12/h11-14H,3-10H2,1-2H3. The zero-order valence-corrected chi connectivity index (χ0v) is 12.3. The number of ether oxygens (including phenoxy) is 1. The fourth-order valence-corrected chi connectivity index (χ4v) is 2.58. The van der Waals surface area contributed by atoms with Crippen LogP contribution in [0.4, 0.5) is 0 Å². The van der Waals surface area contributed by atoms with E-state index in [1.807, 2.05) is 0 Å². The van der Waals surface area contributed by atoms with Crippen molar-refractivity contribution in [3.8, 4) is 0 Å². The molecule has 1 rings (SSSR count). The highest BCUT2D eigenvalue weighted by atomic mass is 32.2. The van der Waals surface area contributed by atoms with Gasteiger partial charge in [-0.1, -0.05) is 13.8 Å². The second-order valence-electron chi connectivity index (χ2n) is 5.26. The molecule has 0 heterocycles. The zero-order valence-electron chi connectivity index (χ0n) is 11.4. The van der Waals surface area contributed by atoms with Crippen molar-refractivity contribution in [2.75, 3.05) is 32.1 Å². The summed E-state index contributed by atoms with van der Waals surface area (Å²) >= 11 is 0. The monoisotopic (exact) mass is 278 g/mol. The molecule has 0 atom stereocenters. The molecule has 1 fully saturated rings. The number of rotatable bonds is 11. The Kier molecular flexibility index (Phi) is 7.14. The van der Waals surface area contributed by atoms with E-state index in [4.69, 9.17) is 4.74 Å².